The van der Waals surface area contributed by atoms with Gasteiger partial charge in [0.05, 0.1) is 6.54 Å². The molecule has 0 fully saturated rings. The molecule has 0 aliphatic heterocycles. The molecule has 0 aliphatic carbocycles. The van der Waals surface area contributed by atoms with Crippen molar-refractivity contribution in [2.75, 3.05) is 17.7 Å². The van der Waals surface area contributed by atoms with Crippen LogP contribution in [0.4, 0.5) is 11.6 Å². The van der Waals surface area contributed by atoms with E-state index < -0.39 is 0 Å². The molecule has 2 heterocycles. The van der Waals surface area contributed by atoms with Gasteiger partial charge in [0.15, 0.2) is 0 Å². The minimum atomic E-state index is 0.806. The van der Waals surface area contributed by atoms with E-state index in [0.717, 1.165) is 23.7 Å². The Hall–Kier alpha value is -1.62. The third kappa shape index (κ3) is 2.61. The number of aryl methyl sites for hydroxylation is 2. The first kappa shape index (κ1) is 12.8. The molecule has 0 aliphatic rings. The van der Waals surface area contributed by atoms with Crippen molar-refractivity contribution in [2.45, 2.75) is 27.3 Å². The van der Waals surface area contributed by atoms with Crippen LogP contribution < -0.4 is 10.6 Å². The van der Waals surface area contributed by atoms with Crippen molar-refractivity contribution in [3.8, 4) is 0 Å². The van der Waals surface area contributed by atoms with Crippen LogP contribution in [0.3, 0.4) is 0 Å². The van der Waals surface area contributed by atoms with E-state index in [1.165, 1.54) is 15.3 Å². The van der Waals surface area contributed by atoms with E-state index in [2.05, 4.69) is 40.5 Å². The van der Waals surface area contributed by atoms with Gasteiger partial charge in [0.25, 0.3) is 0 Å². The van der Waals surface area contributed by atoms with Gasteiger partial charge in [-0.1, -0.05) is 0 Å². The van der Waals surface area contributed by atoms with Crippen LogP contribution in [0.25, 0.3) is 0 Å². The summed E-state index contributed by atoms with van der Waals surface area (Å²) >= 11 is 1.83. The molecule has 0 atom stereocenters. The molecular weight excluding hydrogens is 244 g/mol. The van der Waals surface area contributed by atoms with Gasteiger partial charge in [-0.15, -0.1) is 11.3 Å². The summed E-state index contributed by atoms with van der Waals surface area (Å²) < 4.78 is 0. The second kappa shape index (κ2) is 5.35. The molecule has 0 spiro atoms. The summed E-state index contributed by atoms with van der Waals surface area (Å²) in [6.45, 7) is 7.11. The van der Waals surface area contributed by atoms with E-state index in [9.17, 15) is 0 Å². The minimum absolute atomic E-state index is 0.806. The number of hydrogen-bond donors (Lipinski definition) is 2. The Bertz CT molecular complexity index is 528. The van der Waals surface area contributed by atoms with Gasteiger partial charge in [-0.25, -0.2) is 9.97 Å². The van der Waals surface area contributed by atoms with Crippen LogP contribution in [0.15, 0.2) is 12.4 Å². The molecule has 0 saturated carbocycles. The molecule has 4 nitrogen and oxygen atoms in total. The lowest BCUT2D eigenvalue weighted by Crippen LogP contribution is -2.05. The Kier molecular flexibility index (Phi) is 3.81. The highest BCUT2D eigenvalue weighted by Crippen LogP contribution is 2.23. The summed E-state index contributed by atoms with van der Waals surface area (Å²) in [4.78, 5) is 11.1. The molecule has 0 saturated heterocycles. The van der Waals surface area contributed by atoms with E-state index in [1.54, 1.807) is 6.33 Å². The first-order valence-electron chi connectivity index (χ1n) is 5.91. The minimum Gasteiger partial charge on any atom is -0.373 e. The maximum atomic E-state index is 4.27. The number of nitrogens with one attached hydrogen (secondary N) is 2. The number of thiophene rings is 1. The van der Waals surface area contributed by atoms with Gasteiger partial charge in [0.2, 0.25) is 0 Å². The third-order valence-electron chi connectivity index (χ3n) is 2.97. The van der Waals surface area contributed by atoms with E-state index in [-0.39, 0.29) is 0 Å². The molecule has 2 aromatic heterocycles. The van der Waals surface area contributed by atoms with E-state index >= 15 is 0 Å². The number of nitrogens with zero attached hydrogens (tertiary/aromatic N) is 2. The monoisotopic (exact) mass is 262 g/mol. The fourth-order valence-electron chi connectivity index (χ4n) is 1.79. The van der Waals surface area contributed by atoms with Crippen LogP contribution in [0.1, 0.15) is 20.9 Å². The SMILES string of the molecule is CNc1ncnc(NCc2cc(C)c(C)s2)c1C. The summed E-state index contributed by atoms with van der Waals surface area (Å²) in [6.07, 6.45) is 1.58. The summed E-state index contributed by atoms with van der Waals surface area (Å²) in [7, 11) is 1.87. The van der Waals surface area contributed by atoms with Gasteiger partial charge in [0.1, 0.15) is 18.0 Å². The topological polar surface area (TPSA) is 49.8 Å². The smallest absolute Gasteiger partial charge is 0.134 e. The Morgan fingerprint density at radius 3 is 2.50 bits per heavy atom. The highest BCUT2D eigenvalue weighted by atomic mass is 32.1. The number of aromatic nitrogens is 2. The Labute approximate surface area is 111 Å². The molecule has 2 aromatic rings. The molecule has 0 unspecified atom stereocenters. The van der Waals surface area contributed by atoms with Crippen molar-refractivity contribution < 1.29 is 0 Å². The molecule has 0 amide bonds. The number of rotatable bonds is 4. The Morgan fingerprint density at radius 1 is 1.17 bits per heavy atom. The molecule has 0 aromatic carbocycles. The maximum absolute atomic E-state index is 4.27. The number of hydrogen-bond acceptors (Lipinski definition) is 5. The van der Waals surface area contributed by atoms with Crippen molar-refractivity contribution in [1.82, 2.24) is 9.97 Å². The van der Waals surface area contributed by atoms with Crippen molar-refractivity contribution >= 4 is 23.0 Å². The fourth-order valence-corrected chi connectivity index (χ4v) is 2.78. The molecule has 0 radical (unpaired) electrons. The summed E-state index contributed by atoms with van der Waals surface area (Å²) in [5.41, 5.74) is 2.40. The largest absolute Gasteiger partial charge is 0.373 e. The van der Waals surface area contributed by atoms with Crippen LogP contribution in [-0.4, -0.2) is 17.0 Å². The lowest BCUT2D eigenvalue weighted by molar-refractivity contribution is 1.07. The average molecular weight is 262 g/mol. The maximum Gasteiger partial charge on any atom is 0.134 e. The molecule has 2 rings (SSSR count). The van der Waals surface area contributed by atoms with Gasteiger partial charge in [-0.05, 0) is 32.4 Å². The summed E-state index contributed by atoms with van der Waals surface area (Å²) in [6, 6.07) is 2.22. The third-order valence-corrected chi connectivity index (χ3v) is 4.12. The lowest BCUT2D eigenvalue weighted by Gasteiger charge is -2.10. The van der Waals surface area contributed by atoms with Crippen LogP contribution in [-0.2, 0) is 6.54 Å². The van der Waals surface area contributed by atoms with E-state index in [4.69, 9.17) is 0 Å². The molecule has 2 N–H and O–H groups in total. The van der Waals surface area contributed by atoms with Crippen molar-refractivity contribution in [1.29, 1.82) is 0 Å². The van der Waals surface area contributed by atoms with Crippen LogP contribution in [0.5, 0.6) is 0 Å². The zero-order valence-electron chi connectivity index (χ0n) is 11.2. The first-order chi connectivity index (χ1) is 8.61. The van der Waals surface area contributed by atoms with E-state index in [1.807, 2.05) is 25.3 Å². The average Bonchev–Trinajstić information content (AvgIpc) is 2.67. The lowest BCUT2D eigenvalue weighted by atomic mass is 10.3. The van der Waals surface area contributed by atoms with Crippen LogP contribution in [0, 0.1) is 20.8 Å². The van der Waals surface area contributed by atoms with Gasteiger partial charge < -0.3 is 10.6 Å². The summed E-state index contributed by atoms with van der Waals surface area (Å²) in [5, 5.41) is 6.42. The zero-order valence-corrected chi connectivity index (χ0v) is 12.0. The molecular formula is C13H18N4S. The van der Waals surface area contributed by atoms with Crippen LogP contribution in [0.2, 0.25) is 0 Å². The molecule has 5 heteroatoms. The van der Waals surface area contributed by atoms with Gasteiger partial charge in [-0.3, -0.25) is 0 Å². The molecule has 96 valence electrons. The van der Waals surface area contributed by atoms with Gasteiger partial charge >= 0.3 is 0 Å². The Balaban J connectivity index is 2.10. The van der Waals surface area contributed by atoms with Crippen molar-refractivity contribution in [3.05, 3.63) is 33.3 Å². The van der Waals surface area contributed by atoms with E-state index in [0.29, 0.717) is 0 Å². The van der Waals surface area contributed by atoms with Crippen molar-refractivity contribution in [3.63, 3.8) is 0 Å². The molecule has 0 bridgehead atoms. The first-order valence-corrected chi connectivity index (χ1v) is 6.72. The fraction of sp³-hybridized carbons (Fsp3) is 0.385. The second-order valence-corrected chi connectivity index (χ2v) is 5.59. The predicted octanol–water partition coefficient (Wildman–Crippen LogP) is 3.12. The van der Waals surface area contributed by atoms with Crippen LogP contribution >= 0.6 is 11.3 Å². The predicted molar refractivity (Wildman–Crippen MR) is 77.4 cm³/mol. The highest BCUT2D eigenvalue weighted by molar-refractivity contribution is 7.12. The second-order valence-electron chi connectivity index (χ2n) is 4.25. The standard InChI is InChI=1S/C13H18N4S/c1-8-5-11(18-10(8)3)6-15-13-9(2)12(14-4)16-7-17-13/h5,7H,6H2,1-4H3,(H2,14,15,16,17). The normalized spacial score (nSPS) is 10.4. The van der Waals surface area contributed by atoms with Crippen molar-refractivity contribution in [2.24, 2.45) is 0 Å². The highest BCUT2D eigenvalue weighted by Gasteiger charge is 2.06. The Morgan fingerprint density at radius 2 is 1.89 bits per heavy atom. The summed E-state index contributed by atoms with van der Waals surface area (Å²) in [5.74, 6) is 1.75. The van der Waals surface area contributed by atoms with Gasteiger partial charge in [-0.2, -0.15) is 0 Å². The zero-order chi connectivity index (χ0) is 13.1. The quantitative estimate of drug-likeness (QED) is 0.889. The molecule has 18 heavy (non-hydrogen) atoms. The number of anilines is 2. The van der Waals surface area contributed by atoms with Gasteiger partial charge in [0, 0.05) is 22.4 Å².